The fourth-order valence-electron chi connectivity index (χ4n) is 3.81. The van der Waals surface area contributed by atoms with Gasteiger partial charge in [-0.2, -0.15) is 5.26 Å². The summed E-state index contributed by atoms with van der Waals surface area (Å²) in [6.07, 6.45) is 4.67. The van der Waals surface area contributed by atoms with Crippen LogP contribution in [0, 0.1) is 25.2 Å². The maximum Gasteiger partial charge on any atom is 0.280 e. The molecule has 0 aromatic carbocycles. The first kappa shape index (κ1) is 17.0. The number of nitriles is 1. The van der Waals surface area contributed by atoms with E-state index < -0.39 is 0 Å². The number of amides is 1. The van der Waals surface area contributed by atoms with E-state index >= 15 is 0 Å². The van der Waals surface area contributed by atoms with E-state index in [-0.39, 0.29) is 12.0 Å². The summed E-state index contributed by atoms with van der Waals surface area (Å²) in [5.74, 6) is 0.640. The molecule has 3 rings (SSSR count). The molecule has 1 atom stereocenters. The third-order valence-corrected chi connectivity index (χ3v) is 5.33. The number of nitrogens with one attached hydrogen (secondary N) is 2. The highest BCUT2D eigenvalue weighted by atomic mass is 16.5. The standard InChI is InChI=1S/C18H26N4O2/c1-13-14(2)22(11-15-6-5-9-24-15)18(16(13)10-19)20-17(23)12-21-7-3-4-8-21/h15H,3-9,11-12H2,1-2H3,(H,20,23)/p+1/t15-/m0/s1. The van der Waals surface area contributed by atoms with Crippen LogP contribution in [0.25, 0.3) is 0 Å². The van der Waals surface area contributed by atoms with Crippen molar-refractivity contribution in [1.29, 1.82) is 5.26 Å². The summed E-state index contributed by atoms with van der Waals surface area (Å²) in [6.45, 7) is 8.05. The predicted octanol–water partition coefficient (Wildman–Crippen LogP) is 0.773. The number of likely N-dealkylation sites (tertiary alicyclic amines) is 1. The van der Waals surface area contributed by atoms with Crippen LogP contribution in [0.1, 0.15) is 42.5 Å². The van der Waals surface area contributed by atoms with Crippen molar-refractivity contribution >= 4 is 11.7 Å². The fraction of sp³-hybridized carbons (Fsp3) is 0.667. The number of nitrogens with zero attached hydrogens (tertiary/aromatic N) is 2. The van der Waals surface area contributed by atoms with Crippen LogP contribution < -0.4 is 10.2 Å². The van der Waals surface area contributed by atoms with Gasteiger partial charge >= 0.3 is 0 Å². The third kappa shape index (κ3) is 3.47. The van der Waals surface area contributed by atoms with E-state index in [1.165, 1.54) is 17.7 Å². The summed E-state index contributed by atoms with van der Waals surface area (Å²) in [6, 6.07) is 2.27. The van der Waals surface area contributed by atoms with Crippen molar-refractivity contribution in [3.8, 4) is 6.07 Å². The zero-order valence-corrected chi connectivity index (χ0v) is 14.7. The molecule has 0 aliphatic carbocycles. The Labute approximate surface area is 143 Å². The van der Waals surface area contributed by atoms with E-state index in [2.05, 4.69) is 16.0 Å². The van der Waals surface area contributed by atoms with Crippen LogP contribution >= 0.6 is 0 Å². The first-order valence-corrected chi connectivity index (χ1v) is 8.95. The number of hydrogen-bond donors (Lipinski definition) is 2. The van der Waals surface area contributed by atoms with E-state index in [0.29, 0.717) is 24.5 Å². The van der Waals surface area contributed by atoms with E-state index in [1.54, 1.807) is 0 Å². The van der Waals surface area contributed by atoms with E-state index in [1.807, 2.05) is 13.8 Å². The summed E-state index contributed by atoms with van der Waals surface area (Å²) in [5, 5.41) is 12.6. The molecule has 2 N–H and O–H groups in total. The minimum absolute atomic E-state index is 0.00510. The molecule has 2 aliphatic rings. The molecule has 1 aromatic heterocycles. The quantitative estimate of drug-likeness (QED) is 0.837. The first-order chi connectivity index (χ1) is 11.6. The lowest BCUT2D eigenvalue weighted by Gasteiger charge is -2.17. The second-order valence-electron chi connectivity index (χ2n) is 6.97. The van der Waals surface area contributed by atoms with Gasteiger partial charge in [-0.05, 0) is 32.3 Å². The zero-order chi connectivity index (χ0) is 17.1. The summed E-state index contributed by atoms with van der Waals surface area (Å²) in [5.41, 5.74) is 2.56. The minimum atomic E-state index is -0.00510. The minimum Gasteiger partial charge on any atom is -0.376 e. The number of rotatable bonds is 5. The largest absolute Gasteiger partial charge is 0.376 e. The first-order valence-electron chi connectivity index (χ1n) is 8.95. The van der Waals surface area contributed by atoms with Crippen molar-refractivity contribution < 1.29 is 14.4 Å². The number of carbonyl (C=O) groups is 1. The molecule has 24 heavy (non-hydrogen) atoms. The summed E-state index contributed by atoms with van der Waals surface area (Å²) < 4.78 is 7.80. The van der Waals surface area contributed by atoms with Crippen LogP contribution in [0.2, 0.25) is 0 Å². The molecule has 1 aromatic rings. The highest BCUT2D eigenvalue weighted by Crippen LogP contribution is 2.28. The van der Waals surface area contributed by atoms with Crippen molar-refractivity contribution in [3.05, 3.63) is 16.8 Å². The SMILES string of the molecule is Cc1c(C#N)c(NC(=O)C[NH+]2CCCC2)n(C[C@@H]2CCCO2)c1C. The molecule has 0 unspecified atom stereocenters. The van der Waals surface area contributed by atoms with Gasteiger partial charge in [0.25, 0.3) is 5.91 Å². The molecule has 0 saturated carbocycles. The average Bonchev–Trinajstić information content (AvgIpc) is 3.28. The highest BCUT2D eigenvalue weighted by molar-refractivity contribution is 5.92. The number of ether oxygens (including phenoxy) is 1. The molecule has 1 amide bonds. The van der Waals surface area contributed by atoms with Crippen LogP contribution in [-0.4, -0.2) is 42.8 Å². The molecule has 2 fully saturated rings. The number of quaternary nitrogens is 1. The van der Waals surface area contributed by atoms with Crippen molar-refractivity contribution in [2.24, 2.45) is 0 Å². The average molecular weight is 331 g/mol. The number of carbonyl (C=O) groups excluding carboxylic acids is 1. The fourth-order valence-corrected chi connectivity index (χ4v) is 3.81. The van der Waals surface area contributed by atoms with Crippen molar-refractivity contribution in [2.75, 3.05) is 31.6 Å². The number of hydrogen-bond acceptors (Lipinski definition) is 3. The normalized spacial score (nSPS) is 21.1. The Kier molecular flexibility index (Phi) is 5.22. The molecule has 3 heterocycles. The molecule has 0 radical (unpaired) electrons. The Hall–Kier alpha value is -1.84. The molecule has 0 spiro atoms. The maximum atomic E-state index is 12.5. The monoisotopic (exact) mass is 331 g/mol. The lowest BCUT2D eigenvalue weighted by atomic mass is 10.2. The molecular weight excluding hydrogens is 304 g/mol. The Balaban J connectivity index is 1.79. The second-order valence-corrected chi connectivity index (χ2v) is 6.97. The molecule has 2 aliphatic heterocycles. The maximum absolute atomic E-state index is 12.5. The Morgan fingerprint density at radius 1 is 1.38 bits per heavy atom. The highest BCUT2D eigenvalue weighted by Gasteiger charge is 2.25. The van der Waals surface area contributed by atoms with Gasteiger partial charge in [0.15, 0.2) is 6.54 Å². The van der Waals surface area contributed by atoms with E-state index in [9.17, 15) is 10.1 Å². The van der Waals surface area contributed by atoms with Crippen LogP contribution in [0.4, 0.5) is 5.82 Å². The van der Waals surface area contributed by atoms with Gasteiger partial charge in [-0.3, -0.25) is 4.79 Å². The van der Waals surface area contributed by atoms with E-state index in [0.717, 1.165) is 43.8 Å². The summed E-state index contributed by atoms with van der Waals surface area (Å²) in [7, 11) is 0. The molecule has 6 nitrogen and oxygen atoms in total. The van der Waals surface area contributed by atoms with Crippen LogP contribution in [-0.2, 0) is 16.1 Å². The van der Waals surface area contributed by atoms with Gasteiger partial charge in [0.05, 0.1) is 31.3 Å². The Bertz CT molecular complexity index is 647. The van der Waals surface area contributed by atoms with Crippen molar-refractivity contribution in [2.45, 2.75) is 52.2 Å². The number of aromatic nitrogens is 1. The van der Waals surface area contributed by atoms with Gasteiger partial charge in [0.1, 0.15) is 11.9 Å². The third-order valence-electron chi connectivity index (χ3n) is 5.33. The molecule has 2 saturated heterocycles. The Morgan fingerprint density at radius 3 is 2.75 bits per heavy atom. The van der Waals surface area contributed by atoms with Gasteiger partial charge in [-0.1, -0.05) is 0 Å². The van der Waals surface area contributed by atoms with Crippen LogP contribution in [0.5, 0.6) is 0 Å². The summed E-state index contributed by atoms with van der Waals surface area (Å²) in [4.78, 5) is 13.8. The van der Waals surface area contributed by atoms with Crippen LogP contribution in [0.3, 0.4) is 0 Å². The van der Waals surface area contributed by atoms with Gasteiger partial charge < -0.3 is 19.5 Å². The van der Waals surface area contributed by atoms with Crippen molar-refractivity contribution in [1.82, 2.24) is 4.57 Å². The van der Waals surface area contributed by atoms with Crippen LogP contribution in [0.15, 0.2) is 0 Å². The molecule has 0 bridgehead atoms. The lowest BCUT2D eigenvalue weighted by molar-refractivity contribution is -0.878. The van der Waals surface area contributed by atoms with Gasteiger partial charge in [0.2, 0.25) is 0 Å². The molecule has 130 valence electrons. The topological polar surface area (TPSA) is 71.5 Å². The molecule has 6 heteroatoms. The zero-order valence-electron chi connectivity index (χ0n) is 14.7. The summed E-state index contributed by atoms with van der Waals surface area (Å²) >= 11 is 0. The number of anilines is 1. The van der Waals surface area contributed by atoms with Gasteiger partial charge in [-0.15, -0.1) is 0 Å². The van der Waals surface area contributed by atoms with Gasteiger partial charge in [-0.25, -0.2) is 0 Å². The van der Waals surface area contributed by atoms with Crippen molar-refractivity contribution in [3.63, 3.8) is 0 Å². The second kappa shape index (κ2) is 7.37. The lowest BCUT2D eigenvalue weighted by Crippen LogP contribution is -3.11. The van der Waals surface area contributed by atoms with Gasteiger partial charge in [0, 0.05) is 25.1 Å². The Morgan fingerprint density at radius 2 is 2.12 bits per heavy atom. The van der Waals surface area contributed by atoms with E-state index in [4.69, 9.17) is 4.74 Å². The smallest absolute Gasteiger partial charge is 0.280 e. The predicted molar refractivity (Wildman–Crippen MR) is 91.0 cm³/mol. The molecular formula is C18H27N4O2+.